The van der Waals surface area contributed by atoms with Crippen molar-refractivity contribution < 1.29 is 9.53 Å². The first-order valence-electron chi connectivity index (χ1n) is 4.16. The van der Waals surface area contributed by atoms with E-state index in [1.807, 2.05) is 0 Å². The van der Waals surface area contributed by atoms with Crippen LogP contribution in [-0.2, 0) is 16.6 Å². The topological polar surface area (TPSA) is 75.2 Å². The number of aromatic nitrogens is 3. The minimum absolute atomic E-state index is 0.231. The highest BCUT2D eigenvalue weighted by Crippen LogP contribution is 2.19. The zero-order valence-corrected chi connectivity index (χ0v) is 7.76. The maximum atomic E-state index is 11.3. The first-order valence-corrected chi connectivity index (χ1v) is 4.16. The van der Waals surface area contributed by atoms with Gasteiger partial charge in [-0.3, -0.25) is 0 Å². The number of rotatable bonds is 2. The van der Waals surface area contributed by atoms with Gasteiger partial charge in [-0.1, -0.05) is 0 Å². The Hall–Kier alpha value is -1.79. The van der Waals surface area contributed by atoms with Crippen LogP contribution in [0.5, 0.6) is 0 Å². The van der Waals surface area contributed by atoms with E-state index < -0.39 is 23.5 Å². The van der Waals surface area contributed by atoms with Crippen LogP contribution in [0.4, 0.5) is 0 Å². The Balaban J connectivity index is 2.35. The maximum absolute atomic E-state index is 11.3. The van der Waals surface area contributed by atoms with E-state index in [9.17, 15) is 14.4 Å². The zero-order chi connectivity index (χ0) is 10.5. The summed E-state index contributed by atoms with van der Waals surface area (Å²) < 4.78 is 7.77. The van der Waals surface area contributed by atoms with Crippen molar-refractivity contribution in [1.29, 1.82) is 0 Å². The highest BCUT2D eigenvalue weighted by atomic mass is 16.5. The van der Waals surface area contributed by atoms with Crippen LogP contribution in [0, 0.1) is 0 Å². The van der Waals surface area contributed by atoms with Crippen molar-refractivity contribution in [1.82, 2.24) is 13.9 Å². The Labute approximate surface area is 78.1 Å². The zero-order valence-electron chi connectivity index (χ0n) is 7.76. The third-order valence-electron chi connectivity index (χ3n) is 2.10. The highest BCUT2D eigenvalue weighted by molar-refractivity contribution is 5.76. The summed E-state index contributed by atoms with van der Waals surface area (Å²) in [6.07, 6.45) is -0.842. The SMILES string of the molecule is CCOC(=O)C1n2c(=O)n(C)c(=O)n21. The fourth-order valence-corrected chi connectivity index (χ4v) is 1.37. The number of hydrogen-bond donors (Lipinski definition) is 0. The van der Waals surface area contributed by atoms with Crippen LogP contribution in [0.1, 0.15) is 13.1 Å². The average molecular weight is 199 g/mol. The van der Waals surface area contributed by atoms with E-state index in [1.165, 1.54) is 7.05 Å². The van der Waals surface area contributed by atoms with E-state index in [0.717, 1.165) is 13.9 Å². The third-order valence-corrected chi connectivity index (χ3v) is 2.10. The van der Waals surface area contributed by atoms with Crippen LogP contribution in [0.3, 0.4) is 0 Å². The minimum atomic E-state index is -0.842. The van der Waals surface area contributed by atoms with E-state index in [1.54, 1.807) is 6.92 Å². The summed E-state index contributed by atoms with van der Waals surface area (Å²) in [5.41, 5.74) is -0.985. The monoisotopic (exact) mass is 199 g/mol. The lowest BCUT2D eigenvalue weighted by Crippen LogP contribution is -2.31. The number of esters is 1. The number of nitrogens with zero attached hydrogens (tertiary/aromatic N) is 3. The average Bonchev–Trinajstić information content (AvgIpc) is 2.84. The highest BCUT2D eigenvalue weighted by Gasteiger charge is 2.45. The minimum Gasteiger partial charge on any atom is -0.463 e. The van der Waals surface area contributed by atoms with Gasteiger partial charge in [-0.05, 0) is 6.92 Å². The second kappa shape index (κ2) is 2.60. The molecule has 0 spiro atoms. The molecular formula is C7H9N3O4. The number of ether oxygens (including phenoxy) is 1. The van der Waals surface area contributed by atoms with Crippen LogP contribution >= 0.6 is 0 Å². The predicted molar refractivity (Wildman–Crippen MR) is 45.0 cm³/mol. The molecule has 7 heteroatoms. The molecule has 2 heterocycles. The van der Waals surface area contributed by atoms with Gasteiger partial charge in [0.25, 0.3) is 0 Å². The van der Waals surface area contributed by atoms with Gasteiger partial charge in [-0.2, -0.15) is 9.36 Å². The molecule has 1 aromatic rings. The normalized spacial score (nSPS) is 13.9. The molecule has 0 N–H and O–H groups in total. The maximum Gasteiger partial charge on any atom is 0.353 e. The summed E-state index contributed by atoms with van der Waals surface area (Å²) in [6, 6.07) is 0. The van der Waals surface area contributed by atoms with Gasteiger partial charge in [0.1, 0.15) is 0 Å². The summed E-state index contributed by atoms with van der Waals surface area (Å²) in [5, 5.41) is 0. The molecule has 1 aromatic heterocycles. The van der Waals surface area contributed by atoms with Crippen molar-refractivity contribution >= 4 is 5.97 Å². The summed E-state index contributed by atoms with van der Waals surface area (Å²) in [5.74, 6) is -0.567. The van der Waals surface area contributed by atoms with Crippen molar-refractivity contribution in [2.75, 3.05) is 6.61 Å². The summed E-state index contributed by atoms with van der Waals surface area (Å²) in [7, 11) is 1.36. The molecule has 0 saturated heterocycles. The third kappa shape index (κ3) is 0.889. The quantitative estimate of drug-likeness (QED) is 0.530. The molecule has 2 rings (SSSR count). The second-order valence-electron chi connectivity index (χ2n) is 2.94. The molecule has 1 aliphatic rings. The standard InChI is InChI=1S/C7H9N3O4/c1-3-14-5(11)4-9-6(12)8(2)7(13)10(4)9/h4H,3H2,1-2H3. The van der Waals surface area contributed by atoms with Crippen LogP contribution in [0.25, 0.3) is 0 Å². The van der Waals surface area contributed by atoms with Gasteiger partial charge in [-0.25, -0.2) is 19.0 Å². The molecule has 1 aliphatic heterocycles. The fraction of sp³-hybridized carbons (Fsp3) is 0.571. The molecule has 0 atom stereocenters. The lowest BCUT2D eigenvalue weighted by atomic mass is 10.6. The molecule has 0 saturated carbocycles. The van der Waals surface area contributed by atoms with Crippen LogP contribution in [0.2, 0.25) is 0 Å². The molecule has 0 radical (unpaired) electrons. The first-order chi connectivity index (χ1) is 6.59. The Morgan fingerprint density at radius 2 is 1.86 bits per heavy atom. The van der Waals surface area contributed by atoms with Gasteiger partial charge in [0.05, 0.1) is 6.61 Å². The molecule has 76 valence electrons. The molecule has 0 bridgehead atoms. The molecule has 7 nitrogen and oxygen atoms in total. The van der Waals surface area contributed by atoms with Crippen molar-refractivity contribution in [3.05, 3.63) is 21.0 Å². The Morgan fingerprint density at radius 3 is 2.29 bits per heavy atom. The van der Waals surface area contributed by atoms with Crippen LogP contribution in [0.15, 0.2) is 9.59 Å². The second-order valence-corrected chi connectivity index (χ2v) is 2.94. The van der Waals surface area contributed by atoms with E-state index in [2.05, 4.69) is 4.74 Å². The lowest BCUT2D eigenvalue weighted by molar-refractivity contribution is -0.144. The van der Waals surface area contributed by atoms with E-state index in [0.29, 0.717) is 0 Å². The van der Waals surface area contributed by atoms with E-state index in [4.69, 9.17) is 0 Å². The lowest BCUT2D eigenvalue weighted by Gasteiger charge is -1.97. The predicted octanol–water partition coefficient (Wildman–Crippen LogP) is -1.73. The largest absolute Gasteiger partial charge is 0.463 e. The van der Waals surface area contributed by atoms with E-state index >= 15 is 0 Å². The number of carbonyl (C=O) groups excluding carboxylic acids is 1. The smallest absolute Gasteiger partial charge is 0.353 e. The van der Waals surface area contributed by atoms with Gasteiger partial charge in [0.15, 0.2) is 0 Å². The first kappa shape index (κ1) is 8.79. The summed E-state index contributed by atoms with van der Waals surface area (Å²) in [6.45, 7) is 1.89. The van der Waals surface area contributed by atoms with Crippen molar-refractivity contribution in [2.45, 2.75) is 13.1 Å². The van der Waals surface area contributed by atoms with E-state index in [-0.39, 0.29) is 6.61 Å². The van der Waals surface area contributed by atoms with Crippen LogP contribution < -0.4 is 11.4 Å². The molecule has 0 aromatic carbocycles. The molecule has 0 fully saturated rings. The van der Waals surface area contributed by atoms with Crippen LogP contribution in [-0.4, -0.2) is 26.5 Å². The van der Waals surface area contributed by atoms with Gasteiger partial charge >= 0.3 is 17.3 Å². The molecule has 0 aliphatic carbocycles. The number of hydrogen-bond acceptors (Lipinski definition) is 4. The number of carbonyl (C=O) groups is 1. The summed E-state index contributed by atoms with van der Waals surface area (Å²) in [4.78, 5) is 33.7. The van der Waals surface area contributed by atoms with Gasteiger partial charge in [-0.15, -0.1) is 0 Å². The van der Waals surface area contributed by atoms with Crippen molar-refractivity contribution in [3.8, 4) is 0 Å². The Bertz CT molecular complexity index is 470. The Kier molecular flexibility index (Phi) is 1.63. The Morgan fingerprint density at radius 1 is 1.36 bits per heavy atom. The molecule has 0 amide bonds. The molecule has 14 heavy (non-hydrogen) atoms. The van der Waals surface area contributed by atoms with Crippen molar-refractivity contribution in [3.63, 3.8) is 0 Å². The molecule has 0 unspecified atom stereocenters. The number of fused-ring (bicyclic) bond motifs is 1. The van der Waals surface area contributed by atoms with Crippen molar-refractivity contribution in [2.24, 2.45) is 7.05 Å². The van der Waals surface area contributed by atoms with Gasteiger partial charge in [0, 0.05) is 7.05 Å². The van der Waals surface area contributed by atoms with Gasteiger partial charge in [0.2, 0.25) is 6.17 Å². The summed E-state index contributed by atoms with van der Waals surface area (Å²) >= 11 is 0. The van der Waals surface area contributed by atoms with Gasteiger partial charge < -0.3 is 4.74 Å². The molecular weight excluding hydrogens is 190 g/mol. The fourth-order valence-electron chi connectivity index (χ4n) is 1.37.